The SMILES string of the molecule is Cc1ccc(C(C)C)c(OCC(=O)N/N=C/c2c[nH]c3ccc(Br)cc23)c1. The summed E-state index contributed by atoms with van der Waals surface area (Å²) in [5.74, 6) is 0.761. The average Bonchev–Trinajstić information content (AvgIpc) is 3.02. The maximum absolute atomic E-state index is 12.1. The second kappa shape index (κ2) is 8.39. The molecule has 27 heavy (non-hydrogen) atoms. The molecule has 0 radical (unpaired) electrons. The van der Waals surface area contributed by atoms with E-state index >= 15 is 0 Å². The van der Waals surface area contributed by atoms with Crippen molar-refractivity contribution in [3.63, 3.8) is 0 Å². The molecular formula is C21H22BrN3O2. The minimum atomic E-state index is -0.302. The summed E-state index contributed by atoms with van der Waals surface area (Å²) >= 11 is 3.46. The fourth-order valence-electron chi connectivity index (χ4n) is 2.81. The number of nitrogens with one attached hydrogen (secondary N) is 2. The van der Waals surface area contributed by atoms with E-state index in [2.05, 4.69) is 45.3 Å². The smallest absolute Gasteiger partial charge is 0.277 e. The van der Waals surface area contributed by atoms with Crippen LogP contribution in [0.15, 0.2) is 52.2 Å². The van der Waals surface area contributed by atoms with Crippen LogP contribution in [0.1, 0.15) is 36.5 Å². The molecule has 140 valence electrons. The van der Waals surface area contributed by atoms with E-state index in [4.69, 9.17) is 4.74 Å². The number of halogens is 1. The van der Waals surface area contributed by atoms with E-state index in [1.807, 2.05) is 49.5 Å². The standard InChI is InChI=1S/C21H22BrN3O2/c1-13(2)17-6-4-14(3)8-20(17)27-12-21(26)25-24-11-15-10-23-19-7-5-16(22)9-18(15)19/h4-11,13,23H,12H2,1-3H3,(H,25,26)/b24-11+. The molecule has 1 heterocycles. The Bertz CT molecular complexity index is 992. The summed E-state index contributed by atoms with van der Waals surface area (Å²) in [4.78, 5) is 15.2. The molecule has 6 heteroatoms. The van der Waals surface area contributed by atoms with Crippen LogP contribution in [-0.2, 0) is 4.79 Å². The maximum Gasteiger partial charge on any atom is 0.277 e. The van der Waals surface area contributed by atoms with Crippen LogP contribution in [0.25, 0.3) is 10.9 Å². The van der Waals surface area contributed by atoms with Crippen molar-refractivity contribution < 1.29 is 9.53 Å². The number of hydrazone groups is 1. The van der Waals surface area contributed by atoms with Crippen molar-refractivity contribution in [3.8, 4) is 5.75 Å². The fourth-order valence-corrected chi connectivity index (χ4v) is 3.18. The Hall–Kier alpha value is -2.60. The van der Waals surface area contributed by atoms with Crippen LogP contribution in [-0.4, -0.2) is 23.7 Å². The predicted molar refractivity (Wildman–Crippen MR) is 112 cm³/mol. The number of hydrogen-bond acceptors (Lipinski definition) is 3. The largest absolute Gasteiger partial charge is 0.483 e. The van der Waals surface area contributed by atoms with Gasteiger partial charge in [-0.05, 0) is 48.2 Å². The van der Waals surface area contributed by atoms with Gasteiger partial charge in [0.05, 0.1) is 6.21 Å². The Balaban J connectivity index is 1.61. The summed E-state index contributed by atoms with van der Waals surface area (Å²) in [6.07, 6.45) is 3.47. The number of aryl methyl sites for hydroxylation is 1. The van der Waals surface area contributed by atoms with Crippen molar-refractivity contribution in [2.24, 2.45) is 5.10 Å². The van der Waals surface area contributed by atoms with Gasteiger partial charge in [-0.3, -0.25) is 4.79 Å². The Morgan fingerprint density at radius 1 is 1.30 bits per heavy atom. The van der Waals surface area contributed by atoms with Gasteiger partial charge >= 0.3 is 0 Å². The fraction of sp³-hybridized carbons (Fsp3) is 0.238. The first-order valence-corrected chi connectivity index (χ1v) is 9.55. The van der Waals surface area contributed by atoms with Crippen LogP contribution in [0.3, 0.4) is 0 Å². The van der Waals surface area contributed by atoms with Crippen LogP contribution in [0.4, 0.5) is 0 Å². The number of amides is 1. The summed E-state index contributed by atoms with van der Waals surface area (Å²) in [7, 11) is 0. The molecule has 0 aliphatic carbocycles. The van der Waals surface area contributed by atoms with Gasteiger partial charge in [0.1, 0.15) is 5.75 Å². The molecule has 5 nitrogen and oxygen atoms in total. The van der Waals surface area contributed by atoms with Gasteiger partial charge in [0, 0.05) is 27.1 Å². The van der Waals surface area contributed by atoms with Gasteiger partial charge < -0.3 is 9.72 Å². The number of H-pyrrole nitrogens is 1. The number of ether oxygens (including phenoxy) is 1. The first-order chi connectivity index (χ1) is 12.9. The molecule has 0 saturated carbocycles. The number of rotatable bonds is 6. The van der Waals surface area contributed by atoms with Crippen LogP contribution in [0.5, 0.6) is 5.75 Å². The number of carbonyl (C=O) groups is 1. The van der Waals surface area contributed by atoms with Crippen molar-refractivity contribution in [1.82, 2.24) is 10.4 Å². The third kappa shape index (κ3) is 4.77. The van der Waals surface area contributed by atoms with Gasteiger partial charge in [-0.15, -0.1) is 0 Å². The highest BCUT2D eigenvalue weighted by molar-refractivity contribution is 9.10. The minimum Gasteiger partial charge on any atom is -0.483 e. The van der Waals surface area contributed by atoms with Crippen molar-refractivity contribution in [3.05, 3.63) is 63.8 Å². The Labute approximate surface area is 166 Å². The summed E-state index contributed by atoms with van der Waals surface area (Å²) in [6, 6.07) is 12.0. The minimum absolute atomic E-state index is 0.0834. The lowest BCUT2D eigenvalue weighted by molar-refractivity contribution is -0.123. The van der Waals surface area contributed by atoms with E-state index in [0.29, 0.717) is 5.92 Å². The van der Waals surface area contributed by atoms with Gasteiger partial charge in [-0.2, -0.15) is 5.10 Å². The van der Waals surface area contributed by atoms with Crippen LogP contribution >= 0.6 is 15.9 Å². The molecule has 0 bridgehead atoms. The molecule has 0 spiro atoms. The molecule has 2 N–H and O–H groups in total. The molecule has 0 fully saturated rings. The van der Waals surface area contributed by atoms with Gasteiger partial charge in [0.25, 0.3) is 5.91 Å². The van der Waals surface area contributed by atoms with Gasteiger partial charge in [0.15, 0.2) is 6.61 Å². The van der Waals surface area contributed by atoms with Crippen molar-refractivity contribution in [1.29, 1.82) is 0 Å². The van der Waals surface area contributed by atoms with Crippen molar-refractivity contribution in [2.75, 3.05) is 6.61 Å². The molecule has 3 aromatic rings. The monoisotopic (exact) mass is 427 g/mol. The second-order valence-corrected chi connectivity index (χ2v) is 7.63. The summed E-state index contributed by atoms with van der Waals surface area (Å²) in [6.45, 7) is 6.11. The number of fused-ring (bicyclic) bond motifs is 1. The third-order valence-corrected chi connectivity index (χ3v) is 4.71. The van der Waals surface area contributed by atoms with Crippen molar-refractivity contribution >= 4 is 39.0 Å². The third-order valence-electron chi connectivity index (χ3n) is 4.22. The summed E-state index contributed by atoms with van der Waals surface area (Å²) in [5.41, 5.74) is 6.60. The van der Waals surface area contributed by atoms with Crippen LogP contribution in [0, 0.1) is 6.92 Å². The molecule has 2 aromatic carbocycles. The van der Waals surface area contributed by atoms with E-state index in [0.717, 1.165) is 37.8 Å². The molecule has 3 rings (SSSR count). The highest BCUT2D eigenvalue weighted by Crippen LogP contribution is 2.27. The van der Waals surface area contributed by atoms with E-state index in [1.165, 1.54) is 0 Å². The predicted octanol–water partition coefficient (Wildman–Crippen LogP) is 4.89. The zero-order chi connectivity index (χ0) is 19.4. The molecule has 0 atom stereocenters. The normalized spacial score (nSPS) is 11.4. The molecule has 0 unspecified atom stereocenters. The Morgan fingerprint density at radius 2 is 2.11 bits per heavy atom. The first-order valence-electron chi connectivity index (χ1n) is 8.76. The van der Waals surface area contributed by atoms with Gasteiger partial charge in [-0.25, -0.2) is 5.43 Å². The highest BCUT2D eigenvalue weighted by atomic mass is 79.9. The Morgan fingerprint density at radius 3 is 2.89 bits per heavy atom. The van der Waals surface area contributed by atoms with Crippen molar-refractivity contribution in [2.45, 2.75) is 26.7 Å². The molecule has 0 aliphatic heterocycles. The number of hydrogen-bond donors (Lipinski definition) is 2. The number of carbonyl (C=O) groups excluding carboxylic acids is 1. The lowest BCUT2D eigenvalue weighted by Crippen LogP contribution is -2.25. The quantitative estimate of drug-likeness (QED) is 0.434. The number of aromatic nitrogens is 1. The average molecular weight is 428 g/mol. The lowest BCUT2D eigenvalue weighted by atomic mass is 10.0. The number of nitrogens with zero attached hydrogens (tertiary/aromatic N) is 1. The van der Waals surface area contributed by atoms with E-state index in [1.54, 1.807) is 6.21 Å². The summed E-state index contributed by atoms with van der Waals surface area (Å²) < 4.78 is 6.70. The zero-order valence-corrected chi connectivity index (χ0v) is 17.1. The Kier molecular flexibility index (Phi) is 5.96. The molecule has 1 amide bonds. The number of aromatic amines is 1. The molecule has 0 saturated heterocycles. The lowest BCUT2D eigenvalue weighted by Gasteiger charge is -2.14. The van der Waals surface area contributed by atoms with E-state index in [-0.39, 0.29) is 12.5 Å². The van der Waals surface area contributed by atoms with Crippen LogP contribution in [0.2, 0.25) is 0 Å². The van der Waals surface area contributed by atoms with E-state index < -0.39 is 0 Å². The molecule has 0 aliphatic rings. The summed E-state index contributed by atoms with van der Waals surface area (Å²) in [5, 5.41) is 5.07. The molecule has 1 aromatic heterocycles. The first kappa shape index (κ1) is 19.2. The second-order valence-electron chi connectivity index (χ2n) is 6.71. The highest BCUT2D eigenvalue weighted by Gasteiger charge is 2.10. The van der Waals surface area contributed by atoms with Gasteiger partial charge in [-0.1, -0.05) is 41.9 Å². The topological polar surface area (TPSA) is 66.5 Å². The molecular weight excluding hydrogens is 406 g/mol. The number of benzene rings is 2. The van der Waals surface area contributed by atoms with E-state index in [9.17, 15) is 4.79 Å². The van der Waals surface area contributed by atoms with Gasteiger partial charge in [0.2, 0.25) is 0 Å². The van der Waals surface area contributed by atoms with Crippen LogP contribution < -0.4 is 10.2 Å². The zero-order valence-electron chi connectivity index (χ0n) is 15.5. The maximum atomic E-state index is 12.1.